The van der Waals surface area contributed by atoms with Gasteiger partial charge in [0.2, 0.25) is 11.8 Å². The molecule has 3 amide bonds. The summed E-state index contributed by atoms with van der Waals surface area (Å²) in [5.74, 6) is 0.628. The molecule has 0 radical (unpaired) electrons. The molecule has 3 unspecified atom stereocenters. The first-order chi connectivity index (χ1) is 21.1. The quantitative estimate of drug-likeness (QED) is 0.255. The number of rotatable bonds is 11. The molecule has 3 rings (SSSR count). The Bertz CT molecular complexity index is 1380. The van der Waals surface area contributed by atoms with Crippen LogP contribution < -0.4 is 10.6 Å². The molecule has 0 spiro atoms. The van der Waals surface area contributed by atoms with Gasteiger partial charge in [-0.15, -0.1) is 6.42 Å². The summed E-state index contributed by atoms with van der Waals surface area (Å²) >= 11 is 0. The lowest BCUT2D eigenvalue weighted by atomic mass is 9.87. The van der Waals surface area contributed by atoms with E-state index in [4.69, 9.17) is 15.9 Å². The Hall–Kier alpha value is -4.36. The lowest BCUT2D eigenvalue weighted by Gasteiger charge is -2.44. The highest BCUT2D eigenvalue weighted by Crippen LogP contribution is 2.35. The van der Waals surface area contributed by atoms with Crippen molar-refractivity contribution in [3.05, 3.63) is 71.3 Å². The summed E-state index contributed by atoms with van der Waals surface area (Å²) in [5.41, 5.74) is -0.114. The van der Waals surface area contributed by atoms with E-state index in [0.717, 1.165) is 12.0 Å². The summed E-state index contributed by atoms with van der Waals surface area (Å²) < 4.78 is 11.0. The molecule has 2 aromatic carbocycles. The number of benzene rings is 2. The van der Waals surface area contributed by atoms with Crippen LogP contribution in [0.5, 0.6) is 0 Å². The monoisotopic (exact) mass is 619 g/mol. The largest absolute Gasteiger partial charge is 0.458 e. The second-order valence-corrected chi connectivity index (χ2v) is 13.1. The van der Waals surface area contributed by atoms with Gasteiger partial charge in [-0.3, -0.25) is 9.59 Å². The number of nitrogens with zero attached hydrogens (tertiary/aromatic N) is 1. The van der Waals surface area contributed by atoms with Gasteiger partial charge in [-0.25, -0.2) is 9.59 Å². The molecule has 10 heteroatoms. The molecular weight excluding hydrogens is 574 g/mol. The van der Waals surface area contributed by atoms with E-state index < -0.39 is 59.8 Å². The van der Waals surface area contributed by atoms with Crippen LogP contribution in [-0.2, 0) is 30.3 Å². The van der Waals surface area contributed by atoms with Crippen molar-refractivity contribution >= 4 is 23.9 Å². The predicted octanol–water partition coefficient (Wildman–Crippen LogP) is 4.04. The van der Waals surface area contributed by atoms with E-state index in [1.54, 1.807) is 65.8 Å². The highest BCUT2D eigenvalue weighted by Gasteiger charge is 2.43. The first-order valence-corrected chi connectivity index (χ1v) is 15.2. The summed E-state index contributed by atoms with van der Waals surface area (Å²) in [6.45, 7) is 9.51. The topological polar surface area (TPSA) is 134 Å². The summed E-state index contributed by atoms with van der Waals surface area (Å²) in [7, 11) is 0. The lowest BCUT2D eigenvalue weighted by molar-refractivity contribution is -0.159. The summed E-state index contributed by atoms with van der Waals surface area (Å²) in [5, 5.41) is 15.5. The van der Waals surface area contributed by atoms with Gasteiger partial charge in [0.1, 0.15) is 29.3 Å². The Balaban J connectivity index is 2.07. The third-order valence-corrected chi connectivity index (χ3v) is 7.12. The number of carbonyl (C=O) groups excluding carboxylic acids is 4. The Morgan fingerprint density at radius 3 is 2.04 bits per heavy atom. The van der Waals surface area contributed by atoms with E-state index >= 15 is 0 Å². The zero-order valence-corrected chi connectivity index (χ0v) is 27.0. The van der Waals surface area contributed by atoms with Crippen LogP contribution in [0, 0.1) is 12.3 Å². The molecular formula is C35H45N3O7. The maximum atomic E-state index is 14.4. The Labute approximate surface area is 265 Å². The minimum Gasteiger partial charge on any atom is -0.458 e. The van der Waals surface area contributed by atoms with Gasteiger partial charge in [-0.2, -0.15) is 0 Å². The normalized spacial score (nSPS) is 15.3. The number of esters is 1. The van der Waals surface area contributed by atoms with E-state index in [1.165, 1.54) is 4.90 Å². The first-order valence-electron chi connectivity index (χ1n) is 15.2. The fourth-order valence-corrected chi connectivity index (χ4v) is 4.95. The van der Waals surface area contributed by atoms with Crippen LogP contribution in [-0.4, -0.2) is 69.8 Å². The average molecular weight is 620 g/mol. The molecule has 2 aromatic rings. The van der Waals surface area contributed by atoms with Crippen LogP contribution in [0.2, 0.25) is 0 Å². The van der Waals surface area contributed by atoms with Gasteiger partial charge < -0.3 is 30.1 Å². The zero-order chi connectivity index (χ0) is 33.4. The summed E-state index contributed by atoms with van der Waals surface area (Å²) in [4.78, 5) is 56.1. The van der Waals surface area contributed by atoms with Crippen molar-refractivity contribution < 1.29 is 33.8 Å². The Morgan fingerprint density at radius 2 is 1.51 bits per heavy atom. The molecule has 1 fully saturated rings. The number of hydrogen-bond acceptors (Lipinski definition) is 7. The van der Waals surface area contributed by atoms with E-state index in [1.807, 2.05) is 30.3 Å². The molecule has 0 heterocycles. The van der Waals surface area contributed by atoms with Crippen LogP contribution in [0.3, 0.4) is 0 Å². The van der Waals surface area contributed by atoms with Crippen LogP contribution in [0.25, 0.3) is 0 Å². The third kappa shape index (κ3) is 10.1. The maximum absolute atomic E-state index is 14.4. The fraction of sp³-hybridized carbons (Fsp3) is 0.486. The van der Waals surface area contributed by atoms with Crippen molar-refractivity contribution in [3.8, 4) is 12.3 Å². The van der Waals surface area contributed by atoms with Gasteiger partial charge in [-0.1, -0.05) is 54.5 Å². The number of ether oxygens (including phenoxy) is 2. The summed E-state index contributed by atoms with van der Waals surface area (Å²) in [6.07, 6.45) is 7.11. The molecule has 3 N–H and O–H groups in total. The number of hydrogen-bond donors (Lipinski definition) is 3. The van der Waals surface area contributed by atoms with Crippen molar-refractivity contribution in [2.45, 2.75) is 103 Å². The lowest BCUT2D eigenvalue weighted by Crippen LogP contribution is -2.59. The molecule has 1 aliphatic rings. The molecule has 1 saturated carbocycles. The second-order valence-electron chi connectivity index (χ2n) is 13.1. The third-order valence-electron chi connectivity index (χ3n) is 7.12. The smallest absolute Gasteiger partial charge is 0.408 e. The first kappa shape index (κ1) is 35.1. The molecule has 0 saturated heterocycles. The molecule has 0 aliphatic heterocycles. The number of alkyl carbamates (subject to hydrolysis) is 1. The molecule has 0 bridgehead atoms. The Morgan fingerprint density at radius 1 is 0.911 bits per heavy atom. The van der Waals surface area contributed by atoms with Crippen molar-refractivity contribution in [2.24, 2.45) is 0 Å². The van der Waals surface area contributed by atoms with Crippen LogP contribution >= 0.6 is 0 Å². The number of nitrogens with one attached hydrogen (secondary N) is 2. The van der Waals surface area contributed by atoms with Crippen molar-refractivity contribution in [3.63, 3.8) is 0 Å². The van der Waals surface area contributed by atoms with Crippen molar-refractivity contribution in [1.82, 2.24) is 15.5 Å². The number of amides is 3. The van der Waals surface area contributed by atoms with Gasteiger partial charge in [0.25, 0.3) is 0 Å². The van der Waals surface area contributed by atoms with E-state index in [0.29, 0.717) is 24.0 Å². The number of carbonyl (C=O) groups is 4. The maximum Gasteiger partial charge on any atom is 0.408 e. The number of terminal acetylenes is 1. The van der Waals surface area contributed by atoms with Gasteiger partial charge in [0, 0.05) is 18.0 Å². The van der Waals surface area contributed by atoms with E-state index in [9.17, 15) is 24.3 Å². The molecule has 3 atom stereocenters. The van der Waals surface area contributed by atoms with Crippen LogP contribution in [0.15, 0.2) is 54.6 Å². The van der Waals surface area contributed by atoms with E-state index in [2.05, 4.69) is 16.6 Å². The van der Waals surface area contributed by atoms with Crippen LogP contribution in [0.1, 0.15) is 83.5 Å². The second kappa shape index (κ2) is 15.1. The SMILES string of the molecule is C#Cc1ccccc1C(C(=O)NC(Cc1ccccc1)C(=O)OC(C)(C)C)N(C(=O)C(CO)NC(=O)OC(C)(C)C)C1CCC1. The minimum absolute atomic E-state index is 0.141. The van der Waals surface area contributed by atoms with Crippen LogP contribution in [0.4, 0.5) is 4.79 Å². The van der Waals surface area contributed by atoms with E-state index in [-0.39, 0.29) is 12.5 Å². The van der Waals surface area contributed by atoms with Crippen molar-refractivity contribution in [2.75, 3.05) is 6.61 Å². The van der Waals surface area contributed by atoms with Gasteiger partial charge in [0.05, 0.1) is 6.61 Å². The van der Waals surface area contributed by atoms with Gasteiger partial charge in [0.15, 0.2) is 0 Å². The highest BCUT2D eigenvalue weighted by atomic mass is 16.6. The zero-order valence-electron chi connectivity index (χ0n) is 27.0. The number of aliphatic hydroxyl groups excluding tert-OH is 1. The molecule has 10 nitrogen and oxygen atoms in total. The molecule has 1 aliphatic carbocycles. The molecule has 45 heavy (non-hydrogen) atoms. The minimum atomic E-state index is -1.40. The van der Waals surface area contributed by atoms with Gasteiger partial charge in [-0.05, 0) is 78.0 Å². The average Bonchev–Trinajstić information content (AvgIpc) is 2.92. The summed E-state index contributed by atoms with van der Waals surface area (Å²) in [6, 6.07) is 11.8. The highest BCUT2D eigenvalue weighted by molar-refractivity contribution is 5.94. The molecule has 0 aromatic heterocycles. The Kier molecular flexibility index (Phi) is 11.8. The van der Waals surface area contributed by atoms with Crippen molar-refractivity contribution in [1.29, 1.82) is 0 Å². The predicted molar refractivity (Wildman–Crippen MR) is 170 cm³/mol. The number of aliphatic hydroxyl groups is 1. The standard InChI is InChI=1S/C35H45N3O7/c1-8-24-17-12-13-20-26(24)29(30(40)36-27(32(42)44-34(2,3)4)21-23-15-10-9-11-16-23)38(25-18-14-19-25)31(41)28(22-39)37-33(43)45-35(5,6)7/h1,9-13,15-17,20,25,27-29,39H,14,18-19,21-22H2,2-7H3,(H,36,40)(H,37,43). The molecule has 242 valence electrons. The van der Waals surface area contributed by atoms with Gasteiger partial charge >= 0.3 is 12.1 Å². The fourth-order valence-electron chi connectivity index (χ4n) is 4.95.